The zero-order chi connectivity index (χ0) is 26.0. The Bertz CT molecular complexity index is 1150. The molecule has 7 nitrogen and oxygen atoms in total. The largest absolute Gasteiger partial charge is 0.491 e. The summed E-state index contributed by atoms with van der Waals surface area (Å²) in [7, 11) is 0. The van der Waals surface area contributed by atoms with E-state index in [0.29, 0.717) is 35.2 Å². The second-order valence-corrected chi connectivity index (χ2v) is 10.4. The third-order valence-electron chi connectivity index (χ3n) is 7.19. The van der Waals surface area contributed by atoms with Crippen molar-refractivity contribution in [3.8, 4) is 5.75 Å². The number of hydrogen-bond acceptors (Lipinski definition) is 5. The van der Waals surface area contributed by atoms with E-state index in [0.717, 1.165) is 16.7 Å². The van der Waals surface area contributed by atoms with E-state index in [9.17, 15) is 19.5 Å². The first-order chi connectivity index (χ1) is 17.1. The SMILES string of the molecule is Cc1cc(CN(C(C)c2ccc(Cl)c(Cl)c2)[C@H]2C[C@@H](C(=O)O)C2)ccc1OCCN1C(=O)CCC1=O. The maximum atomic E-state index is 11.8. The Labute approximate surface area is 220 Å². The van der Waals surface area contributed by atoms with Crippen LogP contribution in [0.25, 0.3) is 0 Å². The van der Waals surface area contributed by atoms with E-state index in [1.54, 1.807) is 6.07 Å². The van der Waals surface area contributed by atoms with Gasteiger partial charge in [0.25, 0.3) is 0 Å². The molecule has 0 radical (unpaired) electrons. The average molecular weight is 533 g/mol. The molecule has 2 aliphatic rings. The molecule has 4 rings (SSSR count). The third-order valence-corrected chi connectivity index (χ3v) is 7.93. The van der Waals surface area contributed by atoms with Crippen LogP contribution in [0, 0.1) is 12.8 Å². The predicted octanol–water partition coefficient (Wildman–Crippen LogP) is 5.26. The summed E-state index contributed by atoms with van der Waals surface area (Å²) in [6.07, 6.45) is 1.76. The number of carboxylic acids is 1. The molecule has 0 aromatic heterocycles. The Morgan fingerprint density at radius 1 is 1.11 bits per heavy atom. The highest BCUT2D eigenvalue weighted by Crippen LogP contribution is 2.39. The van der Waals surface area contributed by atoms with Crippen molar-refractivity contribution in [1.29, 1.82) is 0 Å². The van der Waals surface area contributed by atoms with Crippen LogP contribution in [0.4, 0.5) is 0 Å². The van der Waals surface area contributed by atoms with E-state index in [-0.39, 0.29) is 55.8 Å². The minimum atomic E-state index is -0.747. The highest BCUT2D eigenvalue weighted by molar-refractivity contribution is 6.42. The number of rotatable bonds is 10. The molecule has 192 valence electrons. The molecular weight excluding hydrogens is 503 g/mol. The molecule has 36 heavy (non-hydrogen) atoms. The van der Waals surface area contributed by atoms with E-state index >= 15 is 0 Å². The molecule has 2 fully saturated rings. The summed E-state index contributed by atoms with van der Waals surface area (Å²) in [5.74, 6) is -0.647. The number of benzene rings is 2. The smallest absolute Gasteiger partial charge is 0.306 e. The molecule has 1 saturated carbocycles. The van der Waals surface area contributed by atoms with Crippen LogP contribution in [0.3, 0.4) is 0 Å². The summed E-state index contributed by atoms with van der Waals surface area (Å²) >= 11 is 12.4. The number of halogens is 2. The number of carbonyl (C=O) groups is 3. The number of carbonyl (C=O) groups excluding carboxylic acids is 2. The van der Waals surface area contributed by atoms with Gasteiger partial charge in [-0.25, -0.2) is 0 Å². The van der Waals surface area contributed by atoms with Gasteiger partial charge >= 0.3 is 5.97 Å². The highest BCUT2D eigenvalue weighted by Gasteiger charge is 2.39. The van der Waals surface area contributed by atoms with E-state index < -0.39 is 5.97 Å². The molecule has 1 unspecified atom stereocenters. The fourth-order valence-electron chi connectivity index (χ4n) is 4.91. The summed E-state index contributed by atoms with van der Waals surface area (Å²) in [6, 6.07) is 11.7. The normalized spacial score (nSPS) is 20.5. The van der Waals surface area contributed by atoms with E-state index in [4.69, 9.17) is 27.9 Å². The second kappa shape index (κ2) is 11.2. The van der Waals surface area contributed by atoms with Crippen LogP contribution in [-0.4, -0.2) is 51.9 Å². The molecule has 1 N–H and O–H groups in total. The van der Waals surface area contributed by atoms with Crippen molar-refractivity contribution < 1.29 is 24.2 Å². The van der Waals surface area contributed by atoms with Crippen LogP contribution in [0.15, 0.2) is 36.4 Å². The monoisotopic (exact) mass is 532 g/mol. The van der Waals surface area contributed by atoms with Gasteiger partial charge in [0.1, 0.15) is 12.4 Å². The first-order valence-corrected chi connectivity index (χ1v) is 12.9. The van der Waals surface area contributed by atoms with Crippen LogP contribution in [0.2, 0.25) is 10.0 Å². The number of aryl methyl sites for hydroxylation is 1. The Balaban J connectivity index is 1.45. The minimum absolute atomic E-state index is 0.00581. The summed E-state index contributed by atoms with van der Waals surface area (Å²) in [4.78, 5) is 38.5. The van der Waals surface area contributed by atoms with Crippen LogP contribution < -0.4 is 4.74 Å². The molecule has 0 spiro atoms. The molecule has 1 aliphatic carbocycles. The first kappa shape index (κ1) is 26.5. The Hall–Kier alpha value is -2.61. The molecule has 1 atom stereocenters. The van der Waals surface area contributed by atoms with Gasteiger partial charge in [-0.15, -0.1) is 0 Å². The summed E-state index contributed by atoms with van der Waals surface area (Å²) in [5, 5.41) is 10.4. The van der Waals surface area contributed by atoms with Gasteiger partial charge in [0.05, 0.1) is 22.5 Å². The number of nitrogens with zero attached hydrogens (tertiary/aromatic N) is 2. The lowest BCUT2D eigenvalue weighted by Gasteiger charge is -2.44. The number of hydrogen-bond donors (Lipinski definition) is 1. The van der Waals surface area contributed by atoms with E-state index in [2.05, 4.69) is 17.9 Å². The lowest BCUT2D eigenvalue weighted by molar-refractivity contribution is -0.147. The zero-order valence-electron chi connectivity index (χ0n) is 20.4. The van der Waals surface area contributed by atoms with Crippen LogP contribution >= 0.6 is 23.2 Å². The van der Waals surface area contributed by atoms with Crippen LogP contribution in [0.1, 0.15) is 55.3 Å². The molecule has 9 heteroatoms. The summed E-state index contributed by atoms with van der Waals surface area (Å²) in [5.41, 5.74) is 3.05. The summed E-state index contributed by atoms with van der Waals surface area (Å²) in [6.45, 7) is 5.19. The topological polar surface area (TPSA) is 87.2 Å². The van der Waals surface area contributed by atoms with Crippen LogP contribution in [0.5, 0.6) is 5.75 Å². The quantitative estimate of drug-likeness (QED) is 0.420. The molecule has 1 heterocycles. The molecule has 2 aromatic carbocycles. The van der Waals surface area contributed by atoms with Crippen molar-refractivity contribution in [2.24, 2.45) is 5.92 Å². The zero-order valence-corrected chi connectivity index (χ0v) is 21.9. The maximum Gasteiger partial charge on any atom is 0.306 e. The number of carboxylic acid groups (broad SMARTS) is 1. The molecular formula is C27H30Cl2N2O5. The van der Waals surface area contributed by atoms with Crippen molar-refractivity contribution in [3.05, 3.63) is 63.1 Å². The highest BCUT2D eigenvalue weighted by atomic mass is 35.5. The summed E-state index contributed by atoms with van der Waals surface area (Å²) < 4.78 is 5.86. The van der Waals surface area contributed by atoms with Crippen molar-refractivity contribution in [3.63, 3.8) is 0 Å². The van der Waals surface area contributed by atoms with Crippen LogP contribution in [-0.2, 0) is 20.9 Å². The third kappa shape index (κ3) is 5.85. The fourth-order valence-corrected chi connectivity index (χ4v) is 5.21. The Morgan fingerprint density at radius 2 is 1.81 bits per heavy atom. The van der Waals surface area contributed by atoms with Gasteiger partial charge in [-0.3, -0.25) is 24.2 Å². The van der Waals surface area contributed by atoms with Gasteiger partial charge in [-0.1, -0.05) is 41.4 Å². The Morgan fingerprint density at radius 3 is 2.42 bits per heavy atom. The van der Waals surface area contributed by atoms with Gasteiger partial charge < -0.3 is 9.84 Å². The molecule has 1 saturated heterocycles. The standard InChI is InChI=1S/C27H30Cl2N2O5/c1-16-11-18(3-6-24(16)36-10-9-30-25(32)7-8-26(30)33)15-31(21-12-20(13-21)27(34)35)17(2)19-4-5-22(28)23(29)14-19/h3-6,11,14,17,20-21H,7-10,12-13,15H2,1-2H3,(H,34,35)/t17?,20-,21+. The number of imide groups is 1. The van der Waals surface area contributed by atoms with E-state index in [1.165, 1.54) is 4.90 Å². The second-order valence-electron chi connectivity index (χ2n) is 9.57. The average Bonchev–Trinajstić information content (AvgIpc) is 3.12. The maximum absolute atomic E-state index is 11.8. The lowest BCUT2D eigenvalue weighted by Crippen LogP contribution is -2.47. The minimum Gasteiger partial charge on any atom is -0.491 e. The van der Waals surface area contributed by atoms with Crippen molar-refractivity contribution in [2.75, 3.05) is 13.2 Å². The number of likely N-dealkylation sites (tertiary alicyclic amines) is 1. The predicted molar refractivity (Wildman–Crippen MR) is 137 cm³/mol. The number of amides is 2. The lowest BCUT2D eigenvalue weighted by atomic mass is 9.78. The molecule has 1 aliphatic heterocycles. The van der Waals surface area contributed by atoms with Crippen molar-refractivity contribution in [2.45, 2.75) is 58.2 Å². The molecule has 2 aromatic rings. The van der Waals surface area contributed by atoms with Gasteiger partial charge in [0, 0.05) is 31.5 Å². The molecule has 0 bridgehead atoms. The number of aliphatic carboxylic acids is 1. The first-order valence-electron chi connectivity index (χ1n) is 12.1. The van der Waals surface area contributed by atoms with Crippen molar-refractivity contribution in [1.82, 2.24) is 9.80 Å². The fraction of sp³-hybridized carbons (Fsp3) is 0.444. The number of ether oxygens (including phenoxy) is 1. The van der Waals surface area contributed by atoms with Gasteiger partial charge in [-0.2, -0.15) is 0 Å². The van der Waals surface area contributed by atoms with E-state index in [1.807, 2.05) is 31.2 Å². The molecule has 2 amide bonds. The van der Waals surface area contributed by atoms with Crippen molar-refractivity contribution >= 4 is 41.0 Å². The van der Waals surface area contributed by atoms with Gasteiger partial charge in [0.15, 0.2) is 0 Å². The van der Waals surface area contributed by atoms with Gasteiger partial charge in [0.2, 0.25) is 11.8 Å². The Kier molecular flexibility index (Phi) is 8.23. The van der Waals surface area contributed by atoms with Gasteiger partial charge in [-0.05, 0) is 61.6 Å².